The van der Waals surface area contributed by atoms with E-state index in [9.17, 15) is 4.79 Å². The van der Waals surface area contributed by atoms with Gasteiger partial charge in [-0.2, -0.15) is 0 Å². The van der Waals surface area contributed by atoms with Crippen LogP contribution in [0.1, 0.15) is 35.9 Å². The highest BCUT2D eigenvalue weighted by atomic mass is 32.1. The van der Waals surface area contributed by atoms with Crippen LogP contribution < -0.4 is 4.90 Å². The van der Waals surface area contributed by atoms with Crippen molar-refractivity contribution < 1.29 is 4.79 Å². The van der Waals surface area contributed by atoms with Crippen molar-refractivity contribution in [2.24, 2.45) is 0 Å². The van der Waals surface area contributed by atoms with Gasteiger partial charge in [-0.1, -0.05) is 13.0 Å². The third-order valence-corrected chi connectivity index (χ3v) is 5.09. The summed E-state index contributed by atoms with van der Waals surface area (Å²) in [4.78, 5) is 26.4. The lowest BCUT2D eigenvalue weighted by molar-refractivity contribution is 0.0655. The summed E-state index contributed by atoms with van der Waals surface area (Å²) in [6.07, 6.45) is 8.17. The first kappa shape index (κ1) is 15.9. The highest BCUT2D eigenvalue weighted by Crippen LogP contribution is 2.23. The molecular weight excluding hydrogens is 308 g/mol. The molecule has 0 atom stereocenters. The first-order chi connectivity index (χ1) is 11.3. The molecule has 1 aliphatic rings. The van der Waals surface area contributed by atoms with E-state index < -0.39 is 0 Å². The zero-order chi connectivity index (χ0) is 16.1. The molecule has 1 saturated heterocycles. The number of aromatic nitrogens is 2. The zero-order valence-corrected chi connectivity index (χ0v) is 14.2. The van der Waals surface area contributed by atoms with Gasteiger partial charge in [-0.3, -0.25) is 9.78 Å². The number of amides is 1. The third kappa shape index (κ3) is 3.69. The van der Waals surface area contributed by atoms with Crippen LogP contribution in [0.3, 0.4) is 0 Å². The standard InChI is InChI=1S/C17H22N4OS/c1-2-9-21(17(22)15-4-3-12-23-15)14-5-10-20(11-6-14)16-13-18-7-8-19-16/h3-4,7-8,12-14H,2,5-6,9-11H2,1H3. The molecule has 5 nitrogen and oxygen atoms in total. The molecule has 0 saturated carbocycles. The van der Waals surface area contributed by atoms with Crippen molar-refractivity contribution in [1.82, 2.24) is 14.9 Å². The fourth-order valence-corrected chi connectivity index (χ4v) is 3.77. The minimum Gasteiger partial charge on any atom is -0.355 e. The van der Waals surface area contributed by atoms with Gasteiger partial charge in [0, 0.05) is 38.1 Å². The maximum Gasteiger partial charge on any atom is 0.264 e. The normalized spacial score (nSPS) is 15.6. The first-order valence-corrected chi connectivity index (χ1v) is 9.03. The van der Waals surface area contributed by atoms with Crippen LogP contribution in [0.5, 0.6) is 0 Å². The minimum atomic E-state index is 0.180. The molecular formula is C17H22N4OS. The van der Waals surface area contributed by atoms with Crippen molar-refractivity contribution in [2.45, 2.75) is 32.2 Å². The molecule has 2 aromatic heterocycles. The summed E-state index contributed by atoms with van der Waals surface area (Å²) < 4.78 is 0. The first-order valence-electron chi connectivity index (χ1n) is 8.15. The van der Waals surface area contributed by atoms with Crippen molar-refractivity contribution in [3.63, 3.8) is 0 Å². The largest absolute Gasteiger partial charge is 0.355 e. The maximum atomic E-state index is 12.7. The Labute approximate surface area is 141 Å². The fraction of sp³-hybridized carbons (Fsp3) is 0.471. The summed E-state index contributed by atoms with van der Waals surface area (Å²) in [5.74, 6) is 1.11. The van der Waals surface area contributed by atoms with Crippen LogP contribution in [0.25, 0.3) is 0 Å². The summed E-state index contributed by atoms with van der Waals surface area (Å²) in [5, 5.41) is 1.97. The summed E-state index contributed by atoms with van der Waals surface area (Å²) in [5.41, 5.74) is 0. The minimum absolute atomic E-state index is 0.180. The van der Waals surface area contributed by atoms with Crippen LogP contribution in [0.4, 0.5) is 5.82 Å². The Balaban J connectivity index is 1.65. The number of thiophene rings is 1. The lowest BCUT2D eigenvalue weighted by Crippen LogP contribution is -2.47. The Hall–Kier alpha value is -1.95. The number of piperidine rings is 1. The van der Waals surface area contributed by atoms with Gasteiger partial charge in [0.2, 0.25) is 0 Å². The van der Waals surface area contributed by atoms with E-state index in [-0.39, 0.29) is 5.91 Å². The molecule has 1 aliphatic heterocycles. The molecule has 122 valence electrons. The van der Waals surface area contributed by atoms with E-state index in [1.165, 1.54) is 11.3 Å². The average molecular weight is 330 g/mol. The zero-order valence-electron chi connectivity index (χ0n) is 13.4. The number of hydrogen-bond donors (Lipinski definition) is 0. The Morgan fingerprint density at radius 1 is 1.39 bits per heavy atom. The summed E-state index contributed by atoms with van der Waals surface area (Å²) >= 11 is 1.53. The number of carbonyl (C=O) groups excluding carboxylic acids is 1. The molecule has 0 radical (unpaired) electrons. The lowest BCUT2D eigenvalue weighted by atomic mass is 10.0. The molecule has 6 heteroatoms. The number of carbonyl (C=O) groups is 1. The van der Waals surface area contributed by atoms with Crippen LogP contribution >= 0.6 is 11.3 Å². The Morgan fingerprint density at radius 2 is 2.22 bits per heavy atom. The van der Waals surface area contributed by atoms with Crippen molar-refractivity contribution in [3.8, 4) is 0 Å². The van der Waals surface area contributed by atoms with Gasteiger partial charge in [0.1, 0.15) is 5.82 Å². The van der Waals surface area contributed by atoms with Crippen LogP contribution in [-0.4, -0.2) is 46.5 Å². The molecule has 0 unspecified atom stereocenters. The molecule has 3 rings (SSSR count). The van der Waals surface area contributed by atoms with Crippen molar-refractivity contribution >= 4 is 23.1 Å². The van der Waals surface area contributed by atoms with Crippen LogP contribution in [-0.2, 0) is 0 Å². The summed E-state index contributed by atoms with van der Waals surface area (Å²) in [7, 11) is 0. The molecule has 0 spiro atoms. The van der Waals surface area contributed by atoms with Crippen LogP contribution in [0.15, 0.2) is 36.1 Å². The molecule has 0 bridgehead atoms. The highest BCUT2D eigenvalue weighted by molar-refractivity contribution is 7.12. The predicted octanol–water partition coefficient (Wildman–Crippen LogP) is 3.06. The van der Waals surface area contributed by atoms with E-state index in [0.717, 1.165) is 49.6 Å². The highest BCUT2D eigenvalue weighted by Gasteiger charge is 2.28. The van der Waals surface area contributed by atoms with Gasteiger partial charge in [0.15, 0.2) is 0 Å². The molecule has 3 heterocycles. The van der Waals surface area contributed by atoms with E-state index >= 15 is 0 Å². The SMILES string of the molecule is CCCN(C(=O)c1cccs1)C1CCN(c2cnccn2)CC1. The topological polar surface area (TPSA) is 49.3 Å². The van der Waals surface area contributed by atoms with Gasteiger partial charge in [-0.15, -0.1) is 11.3 Å². The predicted molar refractivity (Wildman–Crippen MR) is 92.9 cm³/mol. The molecule has 0 N–H and O–H groups in total. The fourth-order valence-electron chi connectivity index (χ4n) is 3.09. The van der Waals surface area contributed by atoms with Gasteiger partial charge in [0.05, 0.1) is 11.1 Å². The smallest absolute Gasteiger partial charge is 0.264 e. The molecule has 0 aromatic carbocycles. The number of rotatable bonds is 5. The molecule has 2 aromatic rings. The third-order valence-electron chi connectivity index (χ3n) is 4.24. The number of nitrogens with zero attached hydrogens (tertiary/aromatic N) is 4. The Kier molecular flexibility index (Phi) is 5.23. The second kappa shape index (κ2) is 7.55. The molecule has 1 fully saturated rings. The van der Waals surface area contributed by atoms with Gasteiger partial charge in [0.25, 0.3) is 5.91 Å². The van der Waals surface area contributed by atoms with Gasteiger partial charge < -0.3 is 9.80 Å². The van der Waals surface area contributed by atoms with E-state index in [0.29, 0.717) is 6.04 Å². The van der Waals surface area contributed by atoms with Crippen LogP contribution in [0, 0.1) is 0 Å². The molecule has 23 heavy (non-hydrogen) atoms. The van der Waals surface area contributed by atoms with Crippen molar-refractivity contribution in [3.05, 3.63) is 41.0 Å². The molecule has 1 amide bonds. The average Bonchev–Trinajstić information content (AvgIpc) is 3.15. The Bertz CT molecular complexity index is 609. The van der Waals surface area contributed by atoms with Crippen molar-refractivity contribution in [1.29, 1.82) is 0 Å². The Morgan fingerprint density at radius 3 is 2.83 bits per heavy atom. The second-order valence-corrected chi connectivity index (χ2v) is 6.71. The van der Waals surface area contributed by atoms with Gasteiger partial charge in [-0.25, -0.2) is 4.98 Å². The second-order valence-electron chi connectivity index (χ2n) is 5.76. The molecule has 0 aliphatic carbocycles. The van der Waals surface area contributed by atoms with E-state index in [1.807, 2.05) is 17.5 Å². The summed E-state index contributed by atoms with van der Waals surface area (Å²) in [6, 6.07) is 4.18. The lowest BCUT2D eigenvalue weighted by Gasteiger charge is -2.38. The van der Waals surface area contributed by atoms with Crippen molar-refractivity contribution in [2.75, 3.05) is 24.5 Å². The maximum absolute atomic E-state index is 12.7. The van der Waals surface area contributed by atoms with Gasteiger partial charge >= 0.3 is 0 Å². The van der Waals surface area contributed by atoms with Gasteiger partial charge in [-0.05, 0) is 30.7 Å². The van der Waals surface area contributed by atoms with E-state index in [1.54, 1.807) is 18.6 Å². The van der Waals surface area contributed by atoms with E-state index in [4.69, 9.17) is 0 Å². The number of anilines is 1. The van der Waals surface area contributed by atoms with Crippen LogP contribution in [0.2, 0.25) is 0 Å². The monoisotopic (exact) mass is 330 g/mol. The van der Waals surface area contributed by atoms with E-state index in [2.05, 4.69) is 26.7 Å². The summed E-state index contributed by atoms with van der Waals surface area (Å²) in [6.45, 7) is 4.79. The quantitative estimate of drug-likeness (QED) is 0.845. The number of hydrogen-bond acceptors (Lipinski definition) is 5.